The number of carbonyl (C=O) groups excluding carboxylic acids is 3. The van der Waals surface area contributed by atoms with Crippen LogP contribution in [0, 0.1) is 0 Å². The van der Waals surface area contributed by atoms with Crippen LogP contribution in [-0.4, -0.2) is 37.2 Å². The first-order chi connectivity index (χ1) is 39.5. The maximum Gasteiger partial charge on any atom is 0.306 e. The number of allylic oxidation sites excluding steroid dienone is 8. The standard InChI is InChI=1S/C74H136O6/c1-4-7-10-13-16-19-21-23-25-27-29-31-33-34-35-36-37-38-39-40-42-43-45-47-49-51-53-55-58-61-64-67-73(76)79-70-71(69-78-72(75)66-63-60-57-18-15-12-9-6-3)80-74(77)68-65-62-59-56-54-52-50-48-46-44-41-32-30-28-26-24-22-20-17-14-11-8-5-2/h22,24,27-30,41,44,71H,4-21,23,25-26,31-40,42-43,45-70H2,1-3H3/b24-22-,29-27-,30-28-,44-41-. The highest BCUT2D eigenvalue weighted by Crippen LogP contribution is 2.18. The van der Waals surface area contributed by atoms with Crippen molar-refractivity contribution in [2.75, 3.05) is 13.2 Å². The number of unbranched alkanes of at least 4 members (excludes halogenated alkanes) is 47. The van der Waals surface area contributed by atoms with Crippen LogP contribution >= 0.6 is 0 Å². The molecule has 0 N–H and O–H groups in total. The van der Waals surface area contributed by atoms with Crippen LogP contribution in [0.4, 0.5) is 0 Å². The molecule has 0 radical (unpaired) electrons. The molecule has 0 spiro atoms. The Morgan fingerprint density at radius 2 is 0.450 bits per heavy atom. The molecule has 0 fully saturated rings. The molecule has 468 valence electrons. The van der Waals surface area contributed by atoms with Gasteiger partial charge in [-0.25, -0.2) is 0 Å². The second-order valence-corrected chi connectivity index (χ2v) is 24.1. The van der Waals surface area contributed by atoms with Crippen LogP contribution in [-0.2, 0) is 28.6 Å². The molecular formula is C74H136O6. The molecule has 0 rings (SSSR count). The summed E-state index contributed by atoms with van der Waals surface area (Å²) in [6, 6.07) is 0. The smallest absolute Gasteiger partial charge is 0.306 e. The third-order valence-electron chi connectivity index (χ3n) is 16.1. The van der Waals surface area contributed by atoms with Crippen molar-refractivity contribution < 1.29 is 28.6 Å². The topological polar surface area (TPSA) is 78.9 Å². The highest BCUT2D eigenvalue weighted by atomic mass is 16.6. The fraction of sp³-hybridized carbons (Fsp3) is 0.851. The Hall–Kier alpha value is -2.63. The minimum Gasteiger partial charge on any atom is -0.462 e. The first-order valence-corrected chi connectivity index (χ1v) is 35.6. The predicted molar refractivity (Wildman–Crippen MR) is 349 cm³/mol. The molecule has 0 aromatic carbocycles. The average Bonchev–Trinajstić information content (AvgIpc) is 3.46. The number of carbonyl (C=O) groups is 3. The second-order valence-electron chi connectivity index (χ2n) is 24.1. The molecule has 0 saturated carbocycles. The number of esters is 3. The SMILES string of the molecule is CCCCCCC/C=C\C/C=C\C/C=C\CCCCCCCCCCC(=O)OC(COC(=O)CCCCCCCCCC)COC(=O)CCCCCCCCCCCCCCCCCCCCC/C=C\CCCCCCCCCC. The zero-order chi connectivity index (χ0) is 57.8. The quantitative estimate of drug-likeness (QED) is 0.0261. The summed E-state index contributed by atoms with van der Waals surface area (Å²) in [7, 11) is 0. The summed E-state index contributed by atoms with van der Waals surface area (Å²) in [5, 5.41) is 0. The van der Waals surface area contributed by atoms with Crippen LogP contribution in [0.2, 0.25) is 0 Å². The van der Waals surface area contributed by atoms with Gasteiger partial charge >= 0.3 is 17.9 Å². The van der Waals surface area contributed by atoms with Gasteiger partial charge < -0.3 is 14.2 Å². The van der Waals surface area contributed by atoms with Crippen LogP contribution in [0.1, 0.15) is 387 Å². The van der Waals surface area contributed by atoms with Gasteiger partial charge in [0.05, 0.1) is 0 Å². The molecule has 0 heterocycles. The summed E-state index contributed by atoms with van der Waals surface area (Å²) >= 11 is 0. The van der Waals surface area contributed by atoms with E-state index in [-0.39, 0.29) is 31.1 Å². The summed E-state index contributed by atoms with van der Waals surface area (Å²) in [6.45, 7) is 6.65. The molecule has 0 bridgehead atoms. The maximum absolute atomic E-state index is 12.9. The predicted octanol–water partition coefficient (Wildman–Crippen LogP) is 24.5. The lowest BCUT2D eigenvalue weighted by molar-refractivity contribution is -0.167. The van der Waals surface area contributed by atoms with E-state index >= 15 is 0 Å². The Kier molecular flexibility index (Phi) is 66.6. The monoisotopic (exact) mass is 1120 g/mol. The molecule has 1 atom stereocenters. The molecule has 0 aliphatic carbocycles. The first kappa shape index (κ1) is 77.4. The zero-order valence-electron chi connectivity index (χ0n) is 53.9. The summed E-state index contributed by atoms with van der Waals surface area (Å²) in [4.78, 5) is 38.2. The molecule has 80 heavy (non-hydrogen) atoms. The zero-order valence-corrected chi connectivity index (χ0v) is 53.9. The van der Waals surface area contributed by atoms with E-state index in [0.717, 1.165) is 77.0 Å². The fourth-order valence-electron chi connectivity index (χ4n) is 10.7. The van der Waals surface area contributed by atoms with E-state index < -0.39 is 6.10 Å². The lowest BCUT2D eigenvalue weighted by Gasteiger charge is -2.18. The lowest BCUT2D eigenvalue weighted by Crippen LogP contribution is -2.30. The van der Waals surface area contributed by atoms with Crippen molar-refractivity contribution in [1.82, 2.24) is 0 Å². The van der Waals surface area contributed by atoms with Crippen LogP contribution in [0.15, 0.2) is 48.6 Å². The Morgan fingerprint density at radius 3 is 0.713 bits per heavy atom. The van der Waals surface area contributed by atoms with Gasteiger partial charge in [0, 0.05) is 19.3 Å². The van der Waals surface area contributed by atoms with Gasteiger partial charge in [-0.2, -0.15) is 0 Å². The Balaban J connectivity index is 4.06. The number of ether oxygens (including phenoxy) is 3. The minimum atomic E-state index is -0.774. The van der Waals surface area contributed by atoms with Gasteiger partial charge in [-0.15, -0.1) is 0 Å². The van der Waals surface area contributed by atoms with E-state index in [2.05, 4.69) is 69.4 Å². The van der Waals surface area contributed by atoms with E-state index in [9.17, 15) is 14.4 Å². The summed E-state index contributed by atoms with van der Waals surface area (Å²) in [5.74, 6) is -0.861. The first-order valence-electron chi connectivity index (χ1n) is 35.6. The van der Waals surface area contributed by atoms with E-state index in [1.807, 2.05) is 0 Å². The maximum atomic E-state index is 12.9. The molecule has 6 nitrogen and oxygen atoms in total. The van der Waals surface area contributed by atoms with E-state index in [4.69, 9.17) is 14.2 Å². The van der Waals surface area contributed by atoms with Gasteiger partial charge in [-0.1, -0.05) is 333 Å². The van der Waals surface area contributed by atoms with E-state index in [1.54, 1.807) is 0 Å². The number of rotatable bonds is 66. The largest absolute Gasteiger partial charge is 0.462 e. The van der Waals surface area contributed by atoms with E-state index in [0.29, 0.717) is 19.3 Å². The number of hydrogen-bond acceptors (Lipinski definition) is 6. The van der Waals surface area contributed by atoms with Crippen LogP contribution in [0.25, 0.3) is 0 Å². The molecule has 1 unspecified atom stereocenters. The summed E-state index contributed by atoms with van der Waals surface area (Å²) < 4.78 is 16.9. The van der Waals surface area contributed by atoms with Gasteiger partial charge in [0.1, 0.15) is 13.2 Å². The van der Waals surface area contributed by atoms with Gasteiger partial charge in [-0.05, 0) is 83.5 Å². The van der Waals surface area contributed by atoms with Crippen LogP contribution < -0.4 is 0 Å². The molecule has 0 aliphatic heterocycles. The average molecular weight is 1120 g/mol. The minimum absolute atomic E-state index is 0.0717. The lowest BCUT2D eigenvalue weighted by atomic mass is 10.0. The van der Waals surface area contributed by atoms with E-state index in [1.165, 1.54) is 270 Å². The van der Waals surface area contributed by atoms with Crippen molar-refractivity contribution in [3.63, 3.8) is 0 Å². The Bertz CT molecular complexity index is 1380. The summed E-state index contributed by atoms with van der Waals surface area (Å²) in [6.07, 6.45) is 87.4. The highest BCUT2D eigenvalue weighted by molar-refractivity contribution is 5.71. The normalized spacial score (nSPS) is 12.3. The Labute approximate surface area is 498 Å². The third-order valence-corrected chi connectivity index (χ3v) is 16.1. The van der Waals surface area contributed by atoms with Crippen molar-refractivity contribution in [2.24, 2.45) is 0 Å². The Morgan fingerprint density at radius 1 is 0.250 bits per heavy atom. The molecule has 0 saturated heterocycles. The van der Waals surface area contributed by atoms with Crippen molar-refractivity contribution in [2.45, 2.75) is 393 Å². The fourth-order valence-corrected chi connectivity index (χ4v) is 10.7. The molecule has 0 aromatic rings. The van der Waals surface area contributed by atoms with Gasteiger partial charge in [0.2, 0.25) is 0 Å². The van der Waals surface area contributed by atoms with Crippen LogP contribution in [0.5, 0.6) is 0 Å². The summed E-state index contributed by atoms with van der Waals surface area (Å²) in [5.41, 5.74) is 0. The second kappa shape index (κ2) is 68.9. The molecule has 0 amide bonds. The number of hydrogen-bond donors (Lipinski definition) is 0. The van der Waals surface area contributed by atoms with Gasteiger partial charge in [0.15, 0.2) is 6.10 Å². The van der Waals surface area contributed by atoms with Crippen molar-refractivity contribution in [3.8, 4) is 0 Å². The van der Waals surface area contributed by atoms with Crippen molar-refractivity contribution in [1.29, 1.82) is 0 Å². The molecule has 0 aliphatic rings. The molecule has 6 heteroatoms. The van der Waals surface area contributed by atoms with Gasteiger partial charge in [-0.3, -0.25) is 14.4 Å². The highest BCUT2D eigenvalue weighted by Gasteiger charge is 2.19. The van der Waals surface area contributed by atoms with Crippen LogP contribution in [0.3, 0.4) is 0 Å². The van der Waals surface area contributed by atoms with Crippen molar-refractivity contribution in [3.05, 3.63) is 48.6 Å². The van der Waals surface area contributed by atoms with Gasteiger partial charge in [0.25, 0.3) is 0 Å². The van der Waals surface area contributed by atoms with Crippen molar-refractivity contribution >= 4 is 17.9 Å². The third kappa shape index (κ3) is 66.2. The molecule has 0 aromatic heterocycles. The molecular weight excluding hydrogens is 985 g/mol.